The van der Waals surface area contributed by atoms with E-state index in [0.29, 0.717) is 13.0 Å². The highest BCUT2D eigenvalue weighted by Gasteiger charge is 2.24. The molecule has 6 nitrogen and oxygen atoms in total. The summed E-state index contributed by atoms with van der Waals surface area (Å²) >= 11 is 0. The van der Waals surface area contributed by atoms with Crippen molar-refractivity contribution < 1.29 is 9.21 Å². The zero-order valence-corrected chi connectivity index (χ0v) is 14.4. The summed E-state index contributed by atoms with van der Waals surface area (Å²) in [5, 5.41) is 9.48. The largest absolute Gasteiger partial charge is 0.469 e. The van der Waals surface area contributed by atoms with Gasteiger partial charge in [0.05, 0.1) is 12.8 Å². The van der Waals surface area contributed by atoms with Gasteiger partial charge in [0.25, 0.3) is 0 Å². The highest BCUT2D eigenvalue weighted by molar-refractivity contribution is 5.94. The van der Waals surface area contributed by atoms with E-state index in [-0.39, 0.29) is 11.8 Å². The Morgan fingerprint density at radius 2 is 2.16 bits per heavy atom. The lowest BCUT2D eigenvalue weighted by Crippen LogP contribution is -2.38. The van der Waals surface area contributed by atoms with Crippen molar-refractivity contribution >= 4 is 17.6 Å². The Balaban J connectivity index is 1.62. The number of hydrogen-bond acceptors (Lipinski definition) is 3. The first-order valence-corrected chi connectivity index (χ1v) is 8.69. The molecule has 1 atom stereocenters. The number of furan rings is 1. The van der Waals surface area contributed by atoms with Crippen LogP contribution >= 0.6 is 0 Å². The first-order valence-electron chi connectivity index (χ1n) is 8.69. The molecule has 1 aliphatic rings. The van der Waals surface area contributed by atoms with Gasteiger partial charge in [-0.3, -0.25) is 9.79 Å². The summed E-state index contributed by atoms with van der Waals surface area (Å²) in [7, 11) is 0. The van der Waals surface area contributed by atoms with Crippen LogP contribution in [-0.2, 0) is 11.2 Å². The average molecular weight is 340 g/mol. The van der Waals surface area contributed by atoms with E-state index in [1.807, 2.05) is 37.3 Å². The molecule has 2 aromatic rings. The molecule has 0 aliphatic carbocycles. The zero-order valence-electron chi connectivity index (χ0n) is 14.4. The van der Waals surface area contributed by atoms with Gasteiger partial charge in [-0.25, -0.2) is 0 Å². The number of nitrogens with zero attached hydrogens (tertiary/aromatic N) is 1. The number of guanidine groups is 1. The van der Waals surface area contributed by atoms with Crippen LogP contribution in [0.15, 0.2) is 52.1 Å². The van der Waals surface area contributed by atoms with Gasteiger partial charge in [-0.15, -0.1) is 0 Å². The average Bonchev–Trinajstić information content (AvgIpc) is 3.12. The maximum absolute atomic E-state index is 11.9. The van der Waals surface area contributed by atoms with Crippen molar-refractivity contribution in [3.63, 3.8) is 0 Å². The molecular formula is C19H24N4O2. The van der Waals surface area contributed by atoms with Gasteiger partial charge in [0.2, 0.25) is 5.91 Å². The Hall–Kier alpha value is -2.76. The molecular weight excluding hydrogens is 316 g/mol. The molecule has 132 valence electrons. The van der Waals surface area contributed by atoms with Gasteiger partial charge in [0, 0.05) is 37.5 Å². The second-order valence-corrected chi connectivity index (χ2v) is 6.01. The number of rotatable bonds is 6. The van der Waals surface area contributed by atoms with Gasteiger partial charge in [0.1, 0.15) is 5.76 Å². The minimum atomic E-state index is 0.0506. The summed E-state index contributed by atoms with van der Waals surface area (Å²) in [6.45, 7) is 4.13. The third-order valence-electron chi connectivity index (χ3n) is 4.16. The number of carbonyl (C=O) groups excluding carboxylic acids is 1. The fraction of sp³-hybridized carbons (Fsp3) is 0.368. The molecule has 1 aromatic carbocycles. The molecule has 3 rings (SSSR count). The molecule has 0 saturated carbocycles. The summed E-state index contributed by atoms with van der Waals surface area (Å²) in [4.78, 5) is 16.6. The first kappa shape index (κ1) is 17.1. The van der Waals surface area contributed by atoms with Gasteiger partial charge in [-0.05, 0) is 30.7 Å². The van der Waals surface area contributed by atoms with Crippen LogP contribution in [0.2, 0.25) is 0 Å². The SMILES string of the molecule is CCNC(=NCC1CC(=O)Nc2ccccc21)NCCc1ccco1. The van der Waals surface area contributed by atoms with E-state index in [1.165, 1.54) is 0 Å². The van der Waals surface area contributed by atoms with Crippen molar-refractivity contribution in [2.75, 3.05) is 25.0 Å². The lowest BCUT2D eigenvalue weighted by Gasteiger charge is -2.24. The Labute approximate surface area is 147 Å². The fourth-order valence-electron chi connectivity index (χ4n) is 2.97. The van der Waals surface area contributed by atoms with Crippen molar-refractivity contribution in [3.05, 3.63) is 54.0 Å². The van der Waals surface area contributed by atoms with Crippen LogP contribution in [0.25, 0.3) is 0 Å². The van der Waals surface area contributed by atoms with Crippen LogP contribution in [0, 0.1) is 0 Å². The van der Waals surface area contributed by atoms with Gasteiger partial charge in [0.15, 0.2) is 5.96 Å². The summed E-state index contributed by atoms with van der Waals surface area (Å²) in [5.74, 6) is 1.86. The van der Waals surface area contributed by atoms with Crippen molar-refractivity contribution in [3.8, 4) is 0 Å². The lowest BCUT2D eigenvalue weighted by molar-refractivity contribution is -0.116. The molecule has 1 unspecified atom stereocenters. The van der Waals surface area contributed by atoms with Gasteiger partial charge < -0.3 is 20.4 Å². The second-order valence-electron chi connectivity index (χ2n) is 6.01. The molecule has 0 fully saturated rings. The quantitative estimate of drug-likeness (QED) is 0.558. The molecule has 3 N–H and O–H groups in total. The number of benzene rings is 1. The van der Waals surface area contributed by atoms with Gasteiger partial charge >= 0.3 is 0 Å². The van der Waals surface area contributed by atoms with Gasteiger partial charge in [-0.2, -0.15) is 0 Å². The number of amides is 1. The number of nitrogens with one attached hydrogen (secondary N) is 3. The summed E-state index contributed by atoms with van der Waals surface area (Å²) < 4.78 is 5.34. The standard InChI is InChI=1S/C19H24N4O2/c1-2-20-19(21-10-9-15-6-5-11-25-15)22-13-14-12-18(24)23-17-8-4-3-7-16(14)17/h3-8,11,14H,2,9-10,12-13H2,1H3,(H,23,24)(H2,20,21,22). The molecule has 2 heterocycles. The van der Waals surface area contributed by atoms with Crippen LogP contribution in [0.3, 0.4) is 0 Å². The van der Waals surface area contributed by atoms with Crippen LogP contribution in [-0.4, -0.2) is 31.5 Å². The van der Waals surface area contributed by atoms with E-state index in [1.54, 1.807) is 6.26 Å². The molecule has 25 heavy (non-hydrogen) atoms. The number of hydrogen-bond donors (Lipinski definition) is 3. The molecule has 0 saturated heterocycles. The number of para-hydroxylation sites is 1. The third kappa shape index (κ3) is 4.62. The van der Waals surface area contributed by atoms with E-state index in [4.69, 9.17) is 4.42 Å². The van der Waals surface area contributed by atoms with Crippen molar-refractivity contribution in [1.29, 1.82) is 0 Å². The summed E-state index contributed by atoms with van der Waals surface area (Å²) in [6.07, 6.45) is 2.94. The van der Waals surface area contributed by atoms with E-state index in [9.17, 15) is 4.79 Å². The monoisotopic (exact) mass is 340 g/mol. The van der Waals surface area contributed by atoms with Crippen molar-refractivity contribution in [1.82, 2.24) is 10.6 Å². The minimum absolute atomic E-state index is 0.0506. The third-order valence-corrected chi connectivity index (χ3v) is 4.16. The summed E-state index contributed by atoms with van der Waals surface area (Å²) in [5.41, 5.74) is 2.05. The van der Waals surface area contributed by atoms with Crippen molar-refractivity contribution in [2.45, 2.75) is 25.7 Å². The first-order chi connectivity index (χ1) is 12.3. The topological polar surface area (TPSA) is 78.7 Å². The van der Waals surface area contributed by atoms with Gasteiger partial charge in [-0.1, -0.05) is 18.2 Å². The maximum Gasteiger partial charge on any atom is 0.225 e. The van der Waals surface area contributed by atoms with Crippen LogP contribution < -0.4 is 16.0 Å². The highest BCUT2D eigenvalue weighted by atomic mass is 16.3. The second kappa shape index (κ2) is 8.37. The number of anilines is 1. The van der Waals surface area contributed by atoms with E-state index < -0.39 is 0 Å². The predicted octanol–water partition coefficient (Wildman–Crippen LogP) is 2.50. The van der Waals surface area contributed by atoms with Crippen LogP contribution in [0.1, 0.15) is 30.6 Å². The number of fused-ring (bicyclic) bond motifs is 1. The smallest absolute Gasteiger partial charge is 0.225 e. The molecule has 0 spiro atoms. The molecule has 6 heteroatoms. The van der Waals surface area contributed by atoms with Crippen LogP contribution in [0.5, 0.6) is 0 Å². The van der Waals surface area contributed by atoms with E-state index in [2.05, 4.69) is 27.0 Å². The Morgan fingerprint density at radius 3 is 2.96 bits per heavy atom. The normalized spacial score (nSPS) is 16.9. The minimum Gasteiger partial charge on any atom is -0.469 e. The maximum atomic E-state index is 11.9. The molecule has 0 bridgehead atoms. The number of aliphatic imine (C=N–C) groups is 1. The predicted molar refractivity (Wildman–Crippen MR) is 98.8 cm³/mol. The van der Waals surface area contributed by atoms with E-state index in [0.717, 1.165) is 42.5 Å². The summed E-state index contributed by atoms with van der Waals surface area (Å²) in [6, 6.07) is 11.8. The lowest BCUT2D eigenvalue weighted by atomic mass is 9.91. The molecule has 1 amide bonds. The Bertz CT molecular complexity index is 725. The van der Waals surface area contributed by atoms with E-state index >= 15 is 0 Å². The number of carbonyl (C=O) groups is 1. The highest BCUT2D eigenvalue weighted by Crippen LogP contribution is 2.31. The Morgan fingerprint density at radius 1 is 1.28 bits per heavy atom. The molecule has 0 radical (unpaired) electrons. The zero-order chi connectivity index (χ0) is 17.5. The molecule has 1 aliphatic heterocycles. The van der Waals surface area contributed by atoms with Crippen molar-refractivity contribution in [2.24, 2.45) is 4.99 Å². The molecule has 1 aromatic heterocycles. The van der Waals surface area contributed by atoms with Crippen LogP contribution in [0.4, 0.5) is 5.69 Å². The fourth-order valence-corrected chi connectivity index (χ4v) is 2.97. The Kier molecular flexibility index (Phi) is 5.72.